The van der Waals surface area contributed by atoms with Crippen molar-refractivity contribution in [1.29, 1.82) is 0 Å². The Balaban J connectivity index is 2.87. The lowest BCUT2D eigenvalue weighted by molar-refractivity contribution is 0.105. The van der Waals surface area contributed by atoms with Gasteiger partial charge in [0.25, 0.3) is 0 Å². The fourth-order valence-electron chi connectivity index (χ4n) is 1.68. The van der Waals surface area contributed by atoms with Gasteiger partial charge in [-0.25, -0.2) is 13.1 Å². The van der Waals surface area contributed by atoms with Gasteiger partial charge in [0.2, 0.25) is 10.0 Å². The predicted molar refractivity (Wildman–Crippen MR) is 73.8 cm³/mol. The Morgan fingerprint density at radius 3 is 2.42 bits per heavy atom. The van der Waals surface area contributed by atoms with Crippen LogP contribution in [-0.2, 0) is 15.8 Å². The molecule has 0 amide bonds. The van der Waals surface area contributed by atoms with Crippen LogP contribution in [0, 0.1) is 0 Å². The fraction of sp³-hybridized carbons (Fsp3) is 0.500. The van der Waals surface area contributed by atoms with Gasteiger partial charge in [-0.3, -0.25) is 0 Å². The number of hydrogen-bond donors (Lipinski definition) is 4. The van der Waals surface area contributed by atoms with Gasteiger partial charge in [-0.2, -0.15) is 0 Å². The highest BCUT2D eigenvalue weighted by atomic mass is 32.2. The maximum absolute atomic E-state index is 12.0. The third-order valence-corrected chi connectivity index (χ3v) is 4.42. The van der Waals surface area contributed by atoms with Crippen LogP contribution in [0.4, 0.5) is 5.69 Å². The molecule has 0 aliphatic heterocycles. The number of sulfonamides is 1. The number of aliphatic hydroxyl groups excluding tert-OH is 2. The Labute approximate surface area is 113 Å². The van der Waals surface area contributed by atoms with E-state index in [1.807, 2.05) is 0 Å². The van der Waals surface area contributed by atoms with Crippen LogP contribution < -0.4 is 10.5 Å². The molecule has 1 aromatic carbocycles. The van der Waals surface area contributed by atoms with Crippen LogP contribution in [0.25, 0.3) is 0 Å². The molecule has 108 valence electrons. The number of nitrogens with two attached hydrogens (primary N) is 1. The number of nitrogens with one attached hydrogen (secondary N) is 1. The zero-order valence-corrected chi connectivity index (χ0v) is 11.7. The van der Waals surface area contributed by atoms with E-state index in [1.165, 1.54) is 0 Å². The second kappa shape index (κ2) is 6.33. The summed E-state index contributed by atoms with van der Waals surface area (Å²) in [7, 11) is -3.67. The van der Waals surface area contributed by atoms with Gasteiger partial charge in [0, 0.05) is 5.69 Å². The average molecular weight is 288 g/mol. The molecule has 0 aromatic heterocycles. The van der Waals surface area contributed by atoms with E-state index in [2.05, 4.69) is 4.72 Å². The van der Waals surface area contributed by atoms with Gasteiger partial charge in [0.05, 0.1) is 24.5 Å². The molecule has 0 heterocycles. The maximum atomic E-state index is 12.0. The predicted octanol–water partition coefficient (Wildman–Crippen LogP) is -0.178. The largest absolute Gasteiger partial charge is 0.399 e. The van der Waals surface area contributed by atoms with Crippen molar-refractivity contribution in [2.75, 3.05) is 18.9 Å². The molecule has 7 heteroatoms. The van der Waals surface area contributed by atoms with E-state index in [4.69, 9.17) is 5.73 Å². The topological polar surface area (TPSA) is 113 Å². The van der Waals surface area contributed by atoms with E-state index in [0.717, 1.165) is 0 Å². The number of benzene rings is 1. The molecule has 1 rings (SSSR count). The van der Waals surface area contributed by atoms with Gasteiger partial charge in [-0.1, -0.05) is 19.1 Å². The standard InChI is InChI=1S/C12H20N2O4S/c1-2-12(8-15,9-16)14-19(17,18)7-10-4-3-5-11(13)6-10/h3-6,14-16H,2,7-9,13H2,1H3. The summed E-state index contributed by atoms with van der Waals surface area (Å²) in [6.07, 6.45) is 0.288. The molecular formula is C12H20N2O4S. The van der Waals surface area contributed by atoms with Gasteiger partial charge in [-0.05, 0) is 24.1 Å². The van der Waals surface area contributed by atoms with Crippen molar-refractivity contribution in [2.45, 2.75) is 24.6 Å². The van der Waals surface area contributed by atoms with Crippen molar-refractivity contribution in [3.63, 3.8) is 0 Å². The molecular weight excluding hydrogens is 268 g/mol. The summed E-state index contributed by atoms with van der Waals surface area (Å²) in [6.45, 7) is 0.766. The van der Waals surface area contributed by atoms with E-state index in [-0.39, 0.29) is 12.2 Å². The van der Waals surface area contributed by atoms with E-state index >= 15 is 0 Å². The first-order chi connectivity index (χ1) is 8.86. The summed E-state index contributed by atoms with van der Waals surface area (Å²) in [5, 5.41) is 18.5. The minimum Gasteiger partial charge on any atom is -0.399 e. The first kappa shape index (κ1) is 15.9. The van der Waals surface area contributed by atoms with E-state index < -0.39 is 28.8 Å². The van der Waals surface area contributed by atoms with Gasteiger partial charge in [-0.15, -0.1) is 0 Å². The summed E-state index contributed by atoms with van der Waals surface area (Å²) in [6, 6.07) is 6.57. The second-order valence-corrected chi connectivity index (χ2v) is 6.28. The number of rotatable bonds is 7. The van der Waals surface area contributed by atoms with E-state index in [1.54, 1.807) is 31.2 Å². The zero-order valence-electron chi connectivity index (χ0n) is 10.8. The maximum Gasteiger partial charge on any atom is 0.216 e. The number of nitrogen functional groups attached to an aromatic ring is 1. The molecule has 0 bridgehead atoms. The van der Waals surface area contributed by atoms with Crippen LogP contribution in [0.15, 0.2) is 24.3 Å². The number of hydrogen-bond acceptors (Lipinski definition) is 5. The molecule has 6 nitrogen and oxygen atoms in total. The van der Waals surface area contributed by atoms with Crippen LogP contribution in [0.5, 0.6) is 0 Å². The Morgan fingerprint density at radius 2 is 1.95 bits per heavy atom. The molecule has 0 fully saturated rings. The normalized spacial score (nSPS) is 12.6. The Kier molecular flexibility index (Phi) is 5.30. The van der Waals surface area contributed by atoms with Crippen molar-refractivity contribution >= 4 is 15.7 Å². The second-order valence-electron chi connectivity index (χ2n) is 4.56. The third-order valence-electron chi connectivity index (χ3n) is 2.96. The summed E-state index contributed by atoms with van der Waals surface area (Å²) >= 11 is 0. The number of aliphatic hydroxyl groups is 2. The van der Waals surface area contributed by atoms with Crippen LogP contribution in [0.1, 0.15) is 18.9 Å². The Bertz CT molecular complexity index is 504. The summed E-state index contributed by atoms with van der Waals surface area (Å²) < 4.78 is 26.4. The summed E-state index contributed by atoms with van der Waals surface area (Å²) in [5.74, 6) is -0.250. The average Bonchev–Trinajstić information content (AvgIpc) is 2.35. The third kappa shape index (κ3) is 4.46. The highest BCUT2D eigenvalue weighted by Gasteiger charge is 2.31. The van der Waals surface area contributed by atoms with Crippen molar-refractivity contribution in [3.05, 3.63) is 29.8 Å². The molecule has 0 saturated heterocycles. The van der Waals surface area contributed by atoms with Crippen LogP contribution in [0.2, 0.25) is 0 Å². The first-order valence-corrected chi connectivity index (χ1v) is 7.59. The molecule has 1 aromatic rings. The van der Waals surface area contributed by atoms with Crippen molar-refractivity contribution in [1.82, 2.24) is 4.72 Å². The molecule has 0 aliphatic carbocycles. The summed E-state index contributed by atoms with van der Waals surface area (Å²) in [5.41, 5.74) is 5.40. The van der Waals surface area contributed by atoms with Crippen molar-refractivity contribution in [2.24, 2.45) is 0 Å². The molecule has 5 N–H and O–H groups in total. The Morgan fingerprint density at radius 1 is 1.32 bits per heavy atom. The van der Waals surface area contributed by atoms with Crippen LogP contribution in [0.3, 0.4) is 0 Å². The van der Waals surface area contributed by atoms with Gasteiger partial charge < -0.3 is 15.9 Å². The van der Waals surface area contributed by atoms with E-state index in [9.17, 15) is 18.6 Å². The smallest absolute Gasteiger partial charge is 0.216 e. The molecule has 0 saturated carbocycles. The lowest BCUT2D eigenvalue weighted by Crippen LogP contribution is -2.53. The molecule has 0 atom stereocenters. The van der Waals surface area contributed by atoms with Crippen LogP contribution >= 0.6 is 0 Å². The summed E-state index contributed by atoms with van der Waals surface area (Å²) in [4.78, 5) is 0. The Hall–Kier alpha value is -1.15. The molecule has 0 spiro atoms. The fourth-order valence-corrected chi connectivity index (χ4v) is 3.30. The van der Waals surface area contributed by atoms with Crippen molar-refractivity contribution in [3.8, 4) is 0 Å². The van der Waals surface area contributed by atoms with Gasteiger partial charge in [0.1, 0.15) is 0 Å². The van der Waals surface area contributed by atoms with Crippen molar-refractivity contribution < 1.29 is 18.6 Å². The van der Waals surface area contributed by atoms with Gasteiger partial charge >= 0.3 is 0 Å². The lowest BCUT2D eigenvalue weighted by atomic mass is 10.0. The quantitative estimate of drug-likeness (QED) is 0.520. The monoisotopic (exact) mass is 288 g/mol. The SMILES string of the molecule is CCC(CO)(CO)NS(=O)(=O)Cc1cccc(N)c1. The van der Waals surface area contributed by atoms with E-state index in [0.29, 0.717) is 11.3 Å². The molecule has 0 radical (unpaired) electrons. The first-order valence-electron chi connectivity index (χ1n) is 5.94. The van der Waals surface area contributed by atoms with Gasteiger partial charge in [0.15, 0.2) is 0 Å². The minimum atomic E-state index is -3.67. The highest BCUT2D eigenvalue weighted by Crippen LogP contribution is 2.14. The minimum absolute atomic E-state index is 0.250. The lowest BCUT2D eigenvalue weighted by Gasteiger charge is -2.29. The molecule has 19 heavy (non-hydrogen) atoms. The highest BCUT2D eigenvalue weighted by molar-refractivity contribution is 7.88. The molecule has 0 unspecified atom stereocenters. The van der Waals surface area contributed by atoms with Crippen LogP contribution in [-0.4, -0.2) is 37.4 Å². The number of anilines is 1. The molecule has 0 aliphatic rings. The zero-order chi connectivity index (χ0) is 14.5.